The summed E-state index contributed by atoms with van der Waals surface area (Å²) in [7, 11) is 0. The lowest BCUT2D eigenvalue weighted by Crippen LogP contribution is -2.37. The average Bonchev–Trinajstić information content (AvgIpc) is 2.15. The van der Waals surface area contributed by atoms with E-state index in [1.165, 1.54) is 12.4 Å². The number of anilines is 1. The van der Waals surface area contributed by atoms with Gasteiger partial charge in [0.1, 0.15) is 6.04 Å². The van der Waals surface area contributed by atoms with Gasteiger partial charge in [-0.05, 0) is 6.07 Å². The number of hydrogen-bond donors (Lipinski definition) is 3. The Labute approximate surface area is 74.8 Å². The number of hydrogen-bond acceptors (Lipinski definition) is 5. The van der Waals surface area contributed by atoms with Crippen LogP contribution in [-0.4, -0.2) is 33.6 Å². The van der Waals surface area contributed by atoms with E-state index in [1.807, 2.05) is 0 Å². The molecule has 1 atom stereocenters. The first-order valence-electron chi connectivity index (χ1n) is 3.70. The Kier molecular flexibility index (Phi) is 3.15. The zero-order valence-corrected chi connectivity index (χ0v) is 6.84. The molecule has 13 heavy (non-hydrogen) atoms. The van der Waals surface area contributed by atoms with E-state index in [0.717, 1.165) is 0 Å². The van der Waals surface area contributed by atoms with Crippen LogP contribution in [0.25, 0.3) is 0 Å². The molecule has 0 saturated heterocycles. The van der Waals surface area contributed by atoms with Crippen LogP contribution in [0, 0.1) is 0 Å². The summed E-state index contributed by atoms with van der Waals surface area (Å²) in [5.74, 6) is -0.754. The SMILES string of the molecule is NCC(Nc1ncccn1)C(=O)O. The van der Waals surface area contributed by atoms with Gasteiger partial charge in [-0.3, -0.25) is 0 Å². The van der Waals surface area contributed by atoms with Crippen molar-refractivity contribution in [3.63, 3.8) is 0 Å². The Morgan fingerprint density at radius 1 is 1.62 bits per heavy atom. The fourth-order valence-corrected chi connectivity index (χ4v) is 0.751. The Bertz CT molecular complexity index is 277. The van der Waals surface area contributed by atoms with Gasteiger partial charge in [-0.25, -0.2) is 14.8 Å². The van der Waals surface area contributed by atoms with Crippen molar-refractivity contribution in [3.8, 4) is 0 Å². The maximum Gasteiger partial charge on any atom is 0.327 e. The lowest BCUT2D eigenvalue weighted by atomic mass is 10.3. The zero-order chi connectivity index (χ0) is 9.68. The smallest absolute Gasteiger partial charge is 0.327 e. The van der Waals surface area contributed by atoms with Crippen molar-refractivity contribution >= 4 is 11.9 Å². The molecule has 0 aliphatic carbocycles. The maximum absolute atomic E-state index is 10.5. The fourth-order valence-electron chi connectivity index (χ4n) is 0.751. The van der Waals surface area contributed by atoms with Crippen molar-refractivity contribution in [2.75, 3.05) is 11.9 Å². The van der Waals surface area contributed by atoms with Crippen LogP contribution in [0.2, 0.25) is 0 Å². The first-order chi connectivity index (χ1) is 6.24. The summed E-state index contributed by atoms with van der Waals surface area (Å²) in [5, 5.41) is 11.2. The van der Waals surface area contributed by atoms with E-state index in [-0.39, 0.29) is 12.5 Å². The Balaban J connectivity index is 2.62. The van der Waals surface area contributed by atoms with Crippen LogP contribution in [0.3, 0.4) is 0 Å². The summed E-state index contributed by atoms with van der Waals surface area (Å²) in [6.07, 6.45) is 3.04. The van der Waals surface area contributed by atoms with Gasteiger partial charge in [0, 0.05) is 18.9 Å². The van der Waals surface area contributed by atoms with E-state index in [0.29, 0.717) is 0 Å². The van der Waals surface area contributed by atoms with Gasteiger partial charge in [-0.1, -0.05) is 0 Å². The quantitative estimate of drug-likeness (QED) is 0.569. The molecule has 0 radical (unpaired) electrons. The molecule has 1 aromatic heterocycles. The van der Waals surface area contributed by atoms with E-state index in [9.17, 15) is 4.79 Å². The summed E-state index contributed by atoms with van der Waals surface area (Å²) in [5.41, 5.74) is 5.22. The molecule has 1 rings (SSSR count). The summed E-state index contributed by atoms with van der Waals surface area (Å²) < 4.78 is 0. The number of nitrogens with one attached hydrogen (secondary N) is 1. The molecular weight excluding hydrogens is 172 g/mol. The largest absolute Gasteiger partial charge is 0.480 e. The molecule has 0 aromatic carbocycles. The number of carboxylic acid groups (broad SMARTS) is 1. The van der Waals surface area contributed by atoms with E-state index in [4.69, 9.17) is 10.8 Å². The molecule has 0 spiro atoms. The van der Waals surface area contributed by atoms with Crippen molar-refractivity contribution in [1.82, 2.24) is 9.97 Å². The van der Waals surface area contributed by atoms with Gasteiger partial charge >= 0.3 is 5.97 Å². The average molecular weight is 182 g/mol. The predicted molar refractivity (Wildman–Crippen MR) is 46.1 cm³/mol. The van der Waals surface area contributed by atoms with Gasteiger partial charge in [-0.2, -0.15) is 0 Å². The fraction of sp³-hybridized carbons (Fsp3) is 0.286. The molecule has 0 saturated carbocycles. The molecule has 6 nitrogen and oxygen atoms in total. The third-order valence-electron chi connectivity index (χ3n) is 1.40. The molecule has 1 aromatic rings. The number of carbonyl (C=O) groups is 1. The molecule has 0 amide bonds. The van der Waals surface area contributed by atoms with Gasteiger partial charge in [0.05, 0.1) is 0 Å². The second kappa shape index (κ2) is 4.36. The van der Waals surface area contributed by atoms with E-state index in [1.54, 1.807) is 6.07 Å². The maximum atomic E-state index is 10.5. The summed E-state index contributed by atoms with van der Waals surface area (Å²) in [6, 6.07) is 0.797. The third kappa shape index (κ3) is 2.68. The lowest BCUT2D eigenvalue weighted by molar-refractivity contribution is -0.137. The summed E-state index contributed by atoms with van der Waals surface area (Å²) in [6.45, 7) is -0.00636. The zero-order valence-electron chi connectivity index (χ0n) is 6.84. The summed E-state index contributed by atoms with van der Waals surface area (Å²) >= 11 is 0. The minimum Gasteiger partial charge on any atom is -0.480 e. The molecule has 1 unspecified atom stereocenters. The Morgan fingerprint density at radius 2 is 2.23 bits per heavy atom. The molecule has 0 fully saturated rings. The first kappa shape index (κ1) is 9.40. The third-order valence-corrected chi connectivity index (χ3v) is 1.40. The molecule has 70 valence electrons. The van der Waals surface area contributed by atoms with Gasteiger partial charge < -0.3 is 16.2 Å². The highest BCUT2D eigenvalue weighted by Crippen LogP contribution is 1.97. The van der Waals surface area contributed by atoms with Crippen molar-refractivity contribution in [3.05, 3.63) is 18.5 Å². The van der Waals surface area contributed by atoms with Gasteiger partial charge in [0.15, 0.2) is 0 Å². The van der Waals surface area contributed by atoms with Gasteiger partial charge in [0.2, 0.25) is 5.95 Å². The number of aliphatic carboxylic acids is 1. The van der Waals surface area contributed by atoms with E-state index >= 15 is 0 Å². The minimum atomic E-state index is -1.02. The van der Waals surface area contributed by atoms with Gasteiger partial charge in [0.25, 0.3) is 0 Å². The Hall–Kier alpha value is -1.69. The minimum absolute atomic E-state index is 0.00636. The van der Waals surface area contributed by atoms with Crippen molar-refractivity contribution < 1.29 is 9.90 Å². The van der Waals surface area contributed by atoms with E-state index in [2.05, 4.69) is 15.3 Å². The van der Waals surface area contributed by atoms with Crippen molar-refractivity contribution in [1.29, 1.82) is 0 Å². The number of carboxylic acids is 1. The van der Waals surface area contributed by atoms with Crippen molar-refractivity contribution in [2.45, 2.75) is 6.04 Å². The summed E-state index contributed by atoms with van der Waals surface area (Å²) in [4.78, 5) is 18.2. The highest BCUT2D eigenvalue weighted by molar-refractivity contribution is 5.76. The van der Waals surface area contributed by atoms with E-state index < -0.39 is 12.0 Å². The topological polar surface area (TPSA) is 101 Å². The van der Waals surface area contributed by atoms with Crippen molar-refractivity contribution in [2.24, 2.45) is 5.73 Å². The molecule has 1 heterocycles. The second-order valence-electron chi connectivity index (χ2n) is 2.34. The predicted octanol–water partition coefficient (Wildman–Crippen LogP) is -0.700. The molecule has 0 aliphatic rings. The molecule has 4 N–H and O–H groups in total. The lowest BCUT2D eigenvalue weighted by Gasteiger charge is -2.10. The number of nitrogens with two attached hydrogens (primary N) is 1. The van der Waals surface area contributed by atoms with Crippen LogP contribution in [0.15, 0.2) is 18.5 Å². The van der Waals surface area contributed by atoms with Crippen LogP contribution in [-0.2, 0) is 4.79 Å². The van der Waals surface area contributed by atoms with Crippen LogP contribution in [0.1, 0.15) is 0 Å². The van der Waals surface area contributed by atoms with Gasteiger partial charge in [-0.15, -0.1) is 0 Å². The highest BCUT2D eigenvalue weighted by Gasteiger charge is 2.15. The highest BCUT2D eigenvalue weighted by atomic mass is 16.4. The molecule has 0 bridgehead atoms. The van der Waals surface area contributed by atoms with Crippen LogP contribution in [0.5, 0.6) is 0 Å². The first-order valence-corrected chi connectivity index (χ1v) is 3.70. The number of nitrogens with zero attached hydrogens (tertiary/aromatic N) is 2. The molecule has 0 aliphatic heterocycles. The van der Waals surface area contributed by atoms with Crippen LogP contribution < -0.4 is 11.1 Å². The Morgan fingerprint density at radius 3 is 2.69 bits per heavy atom. The number of rotatable bonds is 4. The second-order valence-corrected chi connectivity index (χ2v) is 2.34. The monoisotopic (exact) mass is 182 g/mol. The standard InChI is InChI=1S/C7H10N4O2/c8-4-5(6(12)13)11-7-9-2-1-3-10-7/h1-3,5H,4,8H2,(H,12,13)(H,9,10,11). The molecule has 6 heteroatoms. The molecular formula is C7H10N4O2. The van der Waals surface area contributed by atoms with Crippen LogP contribution >= 0.6 is 0 Å². The number of aromatic nitrogens is 2. The normalized spacial score (nSPS) is 12.1. The van der Waals surface area contributed by atoms with Crippen LogP contribution in [0.4, 0.5) is 5.95 Å².